The third-order valence-electron chi connectivity index (χ3n) is 3.69. The second-order valence-electron chi connectivity index (χ2n) is 4.53. The predicted octanol–water partition coefficient (Wildman–Crippen LogP) is 2.37. The second-order valence-corrected chi connectivity index (χ2v) is 4.94. The highest BCUT2D eigenvalue weighted by Gasteiger charge is 2.40. The fraction of sp³-hybridized carbons (Fsp3) is 0.417. The third-order valence-corrected chi connectivity index (χ3v) is 4.01. The molecule has 1 fully saturated rings. The number of hydrogen-bond acceptors (Lipinski definition) is 2. The monoisotopic (exact) mass is 235 g/mol. The van der Waals surface area contributed by atoms with E-state index in [4.69, 9.17) is 17.3 Å². The van der Waals surface area contributed by atoms with E-state index in [-0.39, 0.29) is 5.41 Å². The first-order chi connectivity index (χ1) is 7.77. The minimum atomic E-state index is 0.0805. The van der Waals surface area contributed by atoms with Gasteiger partial charge in [0, 0.05) is 18.2 Å². The molecule has 0 unspecified atom stereocenters. The molecule has 2 N–H and O–H groups in total. The number of nitrogens with zero attached hydrogens (tertiary/aromatic N) is 2. The first-order valence-electron chi connectivity index (χ1n) is 5.59. The van der Waals surface area contributed by atoms with E-state index in [1.165, 1.54) is 6.42 Å². The largest absolute Gasteiger partial charge is 0.329 e. The molecule has 3 rings (SSSR count). The molecule has 0 saturated heterocycles. The van der Waals surface area contributed by atoms with E-state index in [0.717, 1.165) is 29.2 Å². The zero-order valence-corrected chi connectivity index (χ0v) is 9.74. The Balaban J connectivity index is 2.21. The lowest BCUT2D eigenvalue weighted by Crippen LogP contribution is -2.43. The van der Waals surface area contributed by atoms with E-state index in [9.17, 15) is 0 Å². The van der Waals surface area contributed by atoms with Crippen molar-refractivity contribution in [2.75, 3.05) is 6.54 Å². The fourth-order valence-corrected chi connectivity index (χ4v) is 2.71. The number of fused-ring (bicyclic) bond motifs is 1. The van der Waals surface area contributed by atoms with Crippen molar-refractivity contribution in [3.63, 3.8) is 0 Å². The molecule has 4 heteroatoms. The summed E-state index contributed by atoms with van der Waals surface area (Å²) in [7, 11) is 0. The molecule has 0 amide bonds. The number of halogens is 1. The minimum Gasteiger partial charge on any atom is -0.329 e. The topological polar surface area (TPSA) is 43.3 Å². The SMILES string of the molecule is NCC1(c2ncc3c(Cl)cccn23)CCC1. The molecule has 0 radical (unpaired) electrons. The van der Waals surface area contributed by atoms with Gasteiger partial charge in [0.15, 0.2) is 0 Å². The standard InChI is InChI=1S/C12H14ClN3/c13-9-3-1-6-16-10(9)7-15-11(16)12(8-14)4-2-5-12/h1,3,6-7H,2,4-5,8,14H2. The Kier molecular flexibility index (Phi) is 2.19. The van der Waals surface area contributed by atoms with Gasteiger partial charge in [0.2, 0.25) is 0 Å². The first kappa shape index (κ1) is 10.1. The van der Waals surface area contributed by atoms with E-state index >= 15 is 0 Å². The summed E-state index contributed by atoms with van der Waals surface area (Å²) in [6.45, 7) is 0.665. The Bertz CT molecular complexity index is 523. The number of pyridine rings is 1. The van der Waals surface area contributed by atoms with Gasteiger partial charge in [-0.25, -0.2) is 4.98 Å². The molecule has 0 aromatic carbocycles. The van der Waals surface area contributed by atoms with Crippen molar-refractivity contribution in [2.24, 2.45) is 5.73 Å². The summed E-state index contributed by atoms with van der Waals surface area (Å²) in [5, 5.41) is 0.743. The molecule has 2 aromatic rings. The van der Waals surface area contributed by atoms with Crippen LogP contribution in [0.2, 0.25) is 5.02 Å². The van der Waals surface area contributed by atoms with Gasteiger partial charge < -0.3 is 10.1 Å². The van der Waals surface area contributed by atoms with Gasteiger partial charge >= 0.3 is 0 Å². The molecule has 84 valence electrons. The normalized spacial score (nSPS) is 18.6. The quantitative estimate of drug-likeness (QED) is 0.869. The summed E-state index contributed by atoms with van der Waals surface area (Å²) < 4.78 is 2.08. The second kappa shape index (κ2) is 3.47. The molecular formula is C12H14ClN3. The number of hydrogen-bond donors (Lipinski definition) is 1. The van der Waals surface area contributed by atoms with Gasteiger partial charge in [-0.15, -0.1) is 0 Å². The highest BCUT2D eigenvalue weighted by Crippen LogP contribution is 2.42. The molecule has 2 heterocycles. The molecule has 2 aromatic heterocycles. The summed E-state index contributed by atoms with van der Waals surface area (Å²) in [4.78, 5) is 4.52. The maximum absolute atomic E-state index is 6.13. The zero-order chi connectivity index (χ0) is 11.2. The molecule has 0 spiro atoms. The van der Waals surface area contributed by atoms with Crippen molar-refractivity contribution < 1.29 is 0 Å². The van der Waals surface area contributed by atoms with Crippen LogP contribution in [0.15, 0.2) is 24.5 Å². The molecule has 3 nitrogen and oxygen atoms in total. The van der Waals surface area contributed by atoms with E-state index in [2.05, 4.69) is 9.38 Å². The molecule has 1 aliphatic rings. The summed E-state index contributed by atoms with van der Waals surface area (Å²) >= 11 is 6.13. The number of aromatic nitrogens is 2. The van der Waals surface area contributed by atoms with Gasteiger partial charge in [-0.2, -0.15) is 0 Å². The van der Waals surface area contributed by atoms with Gasteiger partial charge in [0.25, 0.3) is 0 Å². The van der Waals surface area contributed by atoms with Crippen LogP contribution in [0.5, 0.6) is 0 Å². The molecule has 0 atom stereocenters. The van der Waals surface area contributed by atoms with E-state index in [0.29, 0.717) is 6.54 Å². The summed E-state index contributed by atoms with van der Waals surface area (Å²) in [6, 6.07) is 3.83. The van der Waals surface area contributed by atoms with Crippen LogP contribution < -0.4 is 5.73 Å². The molecule has 16 heavy (non-hydrogen) atoms. The van der Waals surface area contributed by atoms with Crippen LogP contribution in [-0.2, 0) is 5.41 Å². The lowest BCUT2D eigenvalue weighted by Gasteiger charge is -2.39. The van der Waals surface area contributed by atoms with Crippen LogP contribution >= 0.6 is 11.6 Å². The van der Waals surface area contributed by atoms with Crippen molar-refractivity contribution in [2.45, 2.75) is 24.7 Å². The zero-order valence-electron chi connectivity index (χ0n) is 8.99. The van der Waals surface area contributed by atoms with Crippen LogP contribution in [0, 0.1) is 0 Å². The molecule has 0 aliphatic heterocycles. The third kappa shape index (κ3) is 1.22. The number of rotatable bonds is 2. The van der Waals surface area contributed by atoms with Crippen molar-refractivity contribution in [1.82, 2.24) is 9.38 Å². The van der Waals surface area contributed by atoms with Crippen LogP contribution in [0.4, 0.5) is 0 Å². The smallest absolute Gasteiger partial charge is 0.120 e. The van der Waals surface area contributed by atoms with Gasteiger partial charge in [-0.05, 0) is 25.0 Å². The van der Waals surface area contributed by atoms with Crippen molar-refractivity contribution in [3.8, 4) is 0 Å². The Morgan fingerprint density at radius 3 is 2.94 bits per heavy atom. The Morgan fingerprint density at radius 1 is 1.50 bits per heavy atom. The lowest BCUT2D eigenvalue weighted by atomic mass is 9.68. The van der Waals surface area contributed by atoms with Gasteiger partial charge in [-0.3, -0.25) is 0 Å². The molecule has 0 bridgehead atoms. The Hall–Kier alpha value is -1.06. The van der Waals surface area contributed by atoms with Crippen LogP contribution in [0.1, 0.15) is 25.1 Å². The Morgan fingerprint density at radius 2 is 2.31 bits per heavy atom. The van der Waals surface area contributed by atoms with Crippen LogP contribution in [0.25, 0.3) is 5.52 Å². The summed E-state index contributed by atoms with van der Waals surface area (Å²) in [5.74, 6) is 1.07. The highest BCUT2D eigenvalue weighted by atomic mass is 35.5. The fourth-order valence-electron chi connectivity index (χ4n) is 2.50. The van der Waals surface area contributed by atoms with E-state index in [1.54, 1.807) is 0 Å². The van der Waals surface area contributed by atoms with Crippen molar-refractivity contribution >= 4 is 17.1 Å². The lowest BCUT2D eigenvalue weighted by molar-refractivity contribution is 0.237. The minimum absolute atomic E-state index is 0.0805. The van der Waals surface area contributed by atoms with Gasteiger partial charge in [-0.1, -0.05) is 18.0 Å². The van der Waals surface area contributed by atoms with Crippen molar-refractivity contribution in [3.05, 3.63) is 35.4 Å². The van der Waals surface area contributed by atoms with Crippen LogP contribution in [0.3, 0.4) is 0 Å². The summed E-state index contributed by atoms with van der Waals surface area (Å²) in [5.41, 5.74) is 6.95. The molecule has 1 saturated carbocycles. The molecular weight excluding hydrogens is 222 g/mol. The van der Waals surface area contributed by atoms with Crippen molar-refractivity contribution in [1.29, 1.82) is 0 Å². The maximum atomic E-state index is 6.13. The van der Waals surface area contributed by atoms with Crippen LogP contribution in [-0.4, -0.2) is 15.9 Å². The Labute approximate surface area is 99.2 Å². The van der Waals surface area contributed by atoms with Gasteiger partial charge in [0.1, 0.15) is 5.82 Å². The first-order valence-corrected chi connectivity index (χ1v) is 5.97. The average Bonchev–Trinajstić information content (AvgIpc) is 2.64. The van der Waals surface area contributed by atoms with E-state index in [1.807, 2.05) is 24.5 Å². The average molecular weight is 236 g/mol. The molecule has 1 aliphatic carbocycles. The number of imidazole rings is 1. The summed E-state index contributed by atoms with van der Waals surface area (Å²) in [6.07, 6.45) is 7.36. The predicted molar refractivity (Wildman–Crippen MR) is 64.8 cm³/mol. The maximum Gasteiger partial charge on any atom is 0.120 e. The van der Waals surface area contributed by atoms with E-state index < -0.39 is 0 Å². The highest BCUT2D eigenvalue weighted by molar-refractivity contribution is 6.33. The number of nitrogens with two attached hydrogens (primary N) is 1. The van der Waals surface area contributed by atoms with Gasteiger partial charge in [0.05, 0.1) is 16.7 Å².